The molecule has 30 aromatic rings. The number of para-hydroxylation sites is 6. The quantitative estimate of drug-likeness (QED) is 0.0866. The van der Waals surface area contributed by atoms with E-state index in [4.69, 9.17) is 29.9 Å². The van der Waals surface area contributed by atoms with Gasteiger partial charge in [-0.25, -0.2) is 29.9 Å². The summed E-state index contributed by atoms with van der Waals surface area (Å²) in [6, 6.07) is 174. The summed E-state index contributed by atoms with van der Waals surface area (Å²) in [6.07, 6.45) is 5.44. The first-order valence-electron chi connectivity index (χ1n) is 49.6. The van der Waals surface area contributed by atoms with E-state index in [2.05, 4.69) is 441 Å². The van der Waals surface area contributed by atoms with Crippen molar-refractivity contribution in [1.82, 2.24) is 58.6 Å². The predicted octanol–water partition coefficient (Wildman–Crippen LogP) is 34.3. The van der Waals surface area contributed by atoms with Gasteiger partial charge >= 0.3 is 0 Å². The minimum atomic E-state index is 0.825. The first-order valence-corrected chi connectivity index (χ1v) is 49.6. The monoisotopic (exact) mass is 1870 g/mol. The molecule has 0 N–H and O–H groups in total. The first kappa shape index (κ1) is 85.1. The number of hydrogen-bond acceptors (Lipinski definition) is 9. The average molecular weight is 1870 g/mol. The summed E-state index contributed by atoms with van der Waals surface area (Å²) in [4.78, 5) is 44.9. The first-order chi connectivity index (χ1) is 72.9. The van der Waals surface area contributed by atoms with Crippen molar-refractivity contribution in [1.29, 1.82) is 0 Å². The zero-order chi connectivity index (χ0) is 96.9. The van der Waals surface area contributed by atoms with Crippen LogP contribution in [0, 0.1) is 0 Å². The van der Waals surface area contributed by atoms with E-state index in [1.165, 1.54) is 98.0 Å². The smallest absolute Gasteiger partial charge is 0.164 e. The Morgan fingerprint density at radius 2 is 0.388 bits per heavy atom. The Balaban J connectivity index is 0.000000107. The fraction of sp³-hybridized carbons (Fsp3) is 0. The van der Waals surface area contributed by atoms with Crippen LogP contribution in [0.1, 0.15) is 0 Å². The molecule has 12 heteroatoms. The van der Waals surface area contributed by atoms with Crippen molar-refractivity contribution >= 4 is 163 Å². The van der Waals surface area contributed by atoms with Gasteiger partial charge in [-0.15, -0.1) is 0 Å². The molecule has 0 spiro atoms. The van der Waals surface area contributed by atoms with Gasteiger partial charge in [0.25, 0.3) is 0 Å². The molecular formula is C135H84N12. The Kier molecular flexibility index (Phi) is 20.6. The second-order valence-electron chi connectivity index (χ2n) is 37.4. The van der Waals surface area contributed by atoms with Crippen LogP contribution in [0.4, 0.5) is 0 Å². The highest BCUT2D eigenvalue weighted by molar-refractivity contribution is 6.25. The van der Waals surface area contributed by atoms with Crippen LogP contribution in [0.25, 0.3) is 282 Å². The third-order valence-electron chi connectivity index (χ3n) is 28.9. The van der Waals surface area contributed by atoms with Crippen LogP contribution < -0.4 is 0 Å². The number of aromatic nitrogens is 12. The minimum absolute atomic E-state index is 0.825. The molecule has 0 aliphatic heterocycles. The third kappa shape index (κ3) is 14.9. The topological polar surface area (TPSA) is 131 Å². The highest BCUT2D eigenvalue weighted by Gasteiger charge is 2.25. The Morgan fingerprint density at radius 3 is 0.701 bits per heavy atom. The molecule has 12 nitrogen and oxygen atoms in total. The van der Waals surface area contributed by atoms with Gasteiger partial charge in [0, 0.05) is 117 Å². The van der Waals surface area contributed by atoms with Crippen LogP contribution in [0.3, 0.4) is 0 Å². The van der Waals surface area contributed by atoms with Crippen molar-refractivity contribution < 1.29 is 0 Å². The van der Waals surface area contributed by atoms with E-state index in [0.29, 0.717) is 0 Å². The van der Waals surface area contributed by atoms with Gasteiger partial charge in [0.1, 0.15) is 17.1 Å². The van der Waals surface area contributed by atoms with Gasteiger partial charge < -0.3 is 0 Å². The molecule has 0 saturated heterocycles. The number of fused-ring (bicyclic) bond motifs is 21. The fourth-order valence-electron chi connectivity index (χ4n) is 22.0. The summed E-state index contributed by atoms with van der Waals surface area (Å²) < 4.78 is 6.60. The third-order valence-corrected chi connectivity index (χ3v) is 28.9. The molecule has 9 aromatic heterocycles. The molecular weight excluding hydrogens is 1790 g/mol. The normalized spacial score (nSPS) is 11.7. The second-order valence-corrected chi connectivity index (χ2v) is 37.4. The number of hydrogen-bond donors (Lipinski definition) is 0. The maximum absolute atomic E-state index is 5.37. The summed E-state index contributed by atoms with van der Waals surface area (Å²) in [5.74, 6) is 2.48. The number of pyridine rings is 6. The fourth-order valence-corrected chi connectivity index (χ4v) is 22.0. The number of imidazole rings is 3. The zero-order valence-corrected chi connectivity index (χ0v) is 79.4. The van der Waals surface area contributed by atoms with E-state index in [-0.39, 0.29) is 0 Å². The van der Waals surface area contributed by atoms with Crippen LogP contribution in [0.5, 0.6) is 0 Å². The summed E-state index contributed by atoms with van der Waals surface area (Å²) in [5.41, 5.74) is 31.9. The molecule has 0 unspecified atom stereocenters. The lowest BCUT2D eigenvalue weighted by molar-refractivity contribution is 1.08. The van der Waals surface area contributed by atoms with E-state index in [9.17, 15) is 0 Å². The van der Waals surface area contributed by atoms with E-state index in [1.807, 2.05) is 97.5 Å². The number of rotatable bonds is 12. The lowest BCUT2D eigenvalue weighted by atomic mass is 9.91. The van der Waals surface area contributed by atoms with Gasteiger partial charge in [-0.05, 0) is 198 Å². The van der Waals surface area contributed by atoms with Gasteiger partial charge in [0.15, 0.2) is 17.5 Å². The SMILES string of the molecule is c1ccc(-c2nc3ccccc3n2-c2ccc(-c3ccc(-c4c5ccc6ccccc6c5nc5c4ccc4ccccc45)cc3)cc2)nc1.c1ccc(-c2nc3ccccc3n2-c2ccc(-c3cccc(-c4c5ccc6ccccc6c5nc5c4ccc4ccccc45)c3)cc2)nc1.c1ccc(-c2nc3ccccc3n2-c2cccc(-c3ccc(-c4c5ccc6ccccc6c5nc5c4ccc4ccccc45)cc3)c2)nc1. The molecule has 30 rings (SSSR count). The van der Waals surface area contributed by atoms with Crippen molar-refractivity contribution in [3.05, 3.63) is 510 Å². The molecule has 0 bridgehead atoms. The lowest BCUT2D eigenvalue weighted by Gasteiger charge is -2.16. The Bertz CT molecular complexity index is 10200. The molecule has 9 heterocycles. The van der Waals surface area contributed by atoms with Crippen LogP contribution in [-0.2, 0) is 0 Å². The molecule has 0 amide bonds. The molecule has 147 heavy (non-hydrogen) atoms. The van der Waals surface area contributed by atoms with E-state index >= 15 is 0 Å². The standard InChI is InChI=1S/3C45H28N4/c1-3-14-35-30(10-1)21-25-37-42(38-26-22-31-11-2-4-15-36(31)44(38)48-43(35)37)33-13-9-12-32(28-33)29-19-23-34(24-20-29)49-41-18-6-5-16-39(41)47-45(49)40-17-7-8-27-46-40;1-3-14-35-30(10-1)23-25-37-42(38-26-24-31-11-2-4-15-36(31)44(38)48-43(35)37)32-21-19-29(20-22-32)33-12-9-13-34(28-33)49-41-18-6-5-16-39(41)47-45(49)40-17-7-8-27-46-40;1-3-11-35-31(9-1)22-26-37-42(38-27-23-32-10-2-4-12-36(32)44(38)48-43(35)37)33-18-16-29(17-19-33)30-20-24-34(25-21-30)49-41-15-6-5-13-39(41)47-45(49)40-14-7-8-28-46-40/h3*1-28H. The molecule has 0 aliphatic rings. The highest BCUT2D eigenvalue weighted by Crippen LogP contribution is 2.47. The van der Waals surface area contributed by atoms with Crippen LogP contribution >= 0.6 is 0 Å². The van der Waals surface area contributed by atoms with E-state index in [1.54, 1.807) is 0 Å². The van der Waals surface area contributed by atoms with Crippen molar-refractivity contribution in [2.45, 2.75) is 0 Å². The summed E-state index contributed by atoms with van der Waals surface area (Å²) in [7, 11) is 0. The second kappa shape index (κ2) is 35.7. The molecule has 0 saturated carbocycles. The van der Waals surface area contributed by atoms with E-state index < -0.39 is 0 Å². The Labute approximate surface area is 844 Å². The minimum Gasteiger partial charge on any atom is -0.291 e. The van der Waals surface area contributed by atoms with Crippen molar-refractivity contribution in [3.63, 3.8) is 0 Å². The van der Waals surface area contributed by atoms with Crippen LogP contribution in [0.15, 0.2) is 510 Å². The van der Waals surface area contributed by atoms with Crippen LogP contribution in [-0.4, -0.2) is 58.6 Å². The number of nitrogens with zero attached hydrogens (tertiary/aromatic N) is 12. The Hall–Kier alpha value is -20.0. The summed E-state index contributed by atoms with van der Waals surface area (Å²) in [6.45, 7) is 0. The van der Waals surface area contributed by atoms with Crippen molar-refractivity contribution in [2.24, 2.45) is 0 Å². The predicted molar refractivity (Wildman–Crippen MR) is 609 cm³/mol. The van der Waals surface area contributed by atoms with E-state index in [0.717, 1.165) is 184 Å². The molecule has 0 aliphatic carbocycles. The van der Waals surface area contributed by atoms with Gasteiger partial charge in [0.05, 0.1) is 66.2 Å². The summed E-state index contributed by atoms with van der Waals surface area (Å²) in [5, 5.41) is 21.1. The maximum Gasteiger partial charge on any atom is 0.164 e. The number of benzene rings is 21. The van der Waals surface area contributed by atoms with Crippen LogP contribution in [0.2, 0.25) is 0 Å². The Morgan fingerprint density at radius 1 is 0.143 bits per heavy atom. The van der Waals surface area contributed by atoms with Crippen molar-refractivity contribution in [3.8, 4) is 118 Å². The molecule has 0 radical (unpaired) electrons. The van der Waals surface area contributed by atoms with Gasteiger partial charge in [-0.3, -0.25) is 28.7 Å². The largest absolute Gasteiger partial charge is 0.291 e. The molecule has 0 atom stereocenters. The van der Waals surface area contributed by atoms with Gasteiger partial charge in [-0.2, -0.15) is 0 Å². The van der Waals surface area contributed by atoms with Gasteiger partial charge in [-0.1, -0.05) is 376 Å². The molecule has 21 aromatic carbocycles. The maximum atomic E-state index is 5.37. The molecule has 0 fully saturated rings. The van der Waals surface area contributed by atoms with Crippen molar-refractivity contribution in [2.75, 3.05) is 0 Å². The molecule has 684 valence electrons. The summed E-state index contributed by atoms with van der Waals surface area (Å²) >= 11 is 0. The zero-order valence-electron chi connectivity index (χ0n) is 79.4. The lowest BCUT2D eigenvalue weighted by Crippen LogP contribution is -1.99. The van der Waals surface area contributed by atoms with Gasteiger partial charge in [0.2, 0.25) is 0 Å². The average Bonchev–Trinajstić information content (AvgIpc) is 1.73. The highest BCUT2D eigenvalue weighted by atomic mass is 15.1.